The molecule has 0 amide bonds. The van der Waals surface area contributed by atoms with Crippen molar-refractivity contribution in [3.05, 3.63) is 35.9 Å². The van der Waals surface area contributed by atoms with Crippen molar-refractivity contribution in [3.8, 4) is 0 Å². The summed E-state index contributed by atoms with van der Waals surface area (Å²) in [5, 5.41) is 9.09. The number of carboxylic acids is 1. The fraction of sp³-hybridized carbons (Fsp3) is 0.500. The summed E-state index contributed by atoms with van der Waals surface area (Å²) < 4.78 is 0. The number of benzene rings is 1. The smallest absolute Gasteiger partial charge is 0.372 e. The fourth-order valence-electron chi connectivity index (χ4n) is 4.09. The van der Waals surface area contributed by atoms with E-state index in [1.807, 2.05) is 30.3 Å². The van der Waals surface area contributed by atoms with Gasteiger partial charge in [0.15, 0.2) is 0 Å². The van der Waals surface area contributed by atoms with Crippen molar-refractivity contribution < 1.29 is 14.7 Å². The van der Waals surface area contributed by atoms with Crippen molar-refractivity contribution >= 4 is 11.8 Å². The van der Waals surface area contributed by atoms with Gasteiger partial charge >= 0.3 is 5.97 Å². The number of ketones is 1. The molecule has 0 saturated heterocycles. The first-order chi connectivity index (χ1) is 9.16. The molecule has 1 aromatic carbocycles. The fourth-order valence-corrected chi connectivity index (χ4v) is 4.09. The molecule has 0 heterocycles. The SMILES string of the molecule is O=C(O)C(=O)C(c1ccccc1)C1CC2CCC1C2. The van der Waals surface area contributed by atoms with Gasteiger partial charge in [-0.25, -0.2) is 4.79 Å². The summed E-state index contributed by atoms with van der Waals surface area (Å²) in [6.45, 7) is 0. The molecule has 2 aliphatic rings. The Kier molecular flexibility index (Phi) is 3.13. The zero-order valence-electron chi connectivity index (χ0n) is 10.8. The first kappa shape index (κ1) is 12.4. The van der Waals surface area contributed by atoms with Gasteiger partial charge in [-0.05, 0) is 42.6 Å². The summed E-state index contributed by atoms with van der Waals surface area (Å²) in [6, 6.07) is 9.43. The van der Waals surface area contributed by atoms with Gasteiger partial charge in [-0.2, -0.15) is 0 Å². The molecule has 2 saturated carbocycles. The number of Topliss-reactive ketones (excluding diaryl/α,β-unsaturated/α-hetero) is 1. The number of hydrogen-bond acceptors (Lipinski definition) is 2. The van der Waals surface area contributed by atoms with Gasteiger partial charge in [0.25, 0.3) is 0 Å². The van der Waals surface area contributed by atoms with Crippen LogP contribution in [-0.4, -0.2) is 16.9 Å². The number of aliphatic carboxylic acids is 1. The Bertz CT molecular complexity index is 494. The zero-order valence-corrected chi connectivity index (χ0v) is 10.8. The predicted molar refractivity (Wildman–Crippen MR) is 70.8 cm³/mol. The van der Waals surface area contributed by atoms with E-state index in [-0.39, 0.29) is 5.92 Å². The van der Waals surface area contributed by atoms with Gasteiger partial charge in [0.05, 0.1) is 5.92 Å². The number of carbonyl (C=O) groups excluding carboxylic acids is 1. The van der Waals surface area contributed by atoms with Crippen molar-refractivity contribution in [2.45, 2.75) is 31.6 Å². The monoisotopic (exact) mass is 258 g/mol. The predicted octanol–water partition coefficient (Wildman–Crippen LogP) is 2.86. The van der Waals surface area contributed by atoms with Crippen LogP contribution in [0.3, 0.4) is 0 Å². The molecule has 4 unspecified atom stereocenters. The highest BCUT2D eigenvalue weighted by Gasteiger charge is 2.46. The summed E-state index contributed by atoms with van der Waals surface area (Å²) in [4.78, 5) is 23.2. The average molecular weight is 258 g/mol. The van der Waals surface area contributed by atoms with Crippen molar-refractivity contribution in [2.24, 2.45) is 17.8 Å². The normalized spacial score (nSPS) is 30.2. The maximum Gasteiger partial charge on any atom is 0.372 e. The average Bonchev–Trinajstić information content (AvgIpc) is 3.02. The Labute approximate surface area is 112 Å². The van der Waals surface area contributed by atoms with E-state index in [2.05, 4.69) is 0 Å². The molecular formula is C16H18O3. The molecule has 2 fully saturated rings. The molecule has 1 aromatic rings. The quantitative estimate of drug-likeness (QED) is 0.845. The first-order valence-electron chi connectivity index (χ1n) is 6.99. The highest BCUT2D eigenvalue weighted by molar-refractivity contribution is 6.35. The number of fused-ring (bicyclic) bond motifs is 2. The number of carbonyl (C=O) groups is 2. The molecule has 3 rings (SSSR count). The Morgan fingerprint density at radius 3 is 2.37 bits per heavy atom. The zero-order chi connectivity index (χ0) is 13.4. The van der Waals surface area contributed by atoms with E-state index in [0.29, 0.717) is 11.8 Å². The molecule has 19 heavy (non-hydrogen) atoms. The van der Waals surface area contributed by atoms with E-state index >= 15 is 0 Å². The lowest BCUT2D eigenvalue weighted by Crippen LogP contribution is -2.30. The molecule has 0 spiro atoms. The van der Waals surface area contributed by atoms with E-state index in [1.54, 1.807) is 0 Å². The molecule has 4 atom stereocenters. The van der Waals surface area contributed by atoms with Crippen LogP contribution in [0, 0.1) is 17.8 Å². The van der Waals surface area contributed by atoms with Crippen LogP contribution in [0.2, 0.25) is 0 Å². The lowest BCUT2D eigenvalue weighted by molar-refractivity contribution is -0.150. The van der Waals surface area contributed by atoms with Crippen LogP contribution < -0.4 is 0 Å². The lowest BCUT2D eigenvalue weighted by Gasteiger charge is -2.28. The van der Waals surface area contributed by atoms with Crippen LogP contribution in [0.25, 0.3) is 0 Å². The minimum Gasteiger partial charge on any atom is -0.475 e. The van der Waals surface area contributed by atoms with Crippen molar-refractivity contribution in [1.82, 2.24) is 0 Å². The highest BCUT2D eigenvalue weighted by Crippen LogP contribution is 2.53. The van der Waals surface area contributed by atoms with Crippen molar-refractivity contribution in [1.29, 1.82) is 0 Å². The van der Waals surface area contributed by atoms with Crippen molar-refractivity contribution in [2.75, 3.05) is 0 Å². The number of carboxylic acid groups (broad SMARTS) is 1. The van der Waals surface area contributed by atoms with Crippen LogP contribution in [-0.2, 0) is 9.59 Å². The van der Waals surface area contributed by atoms with Gasteiger partial charge in [0.1, 0.15) is 0 Å². The molecular weight excluding hydrogens is 240 g/mol. The molecule has 0 aromatic heterocycles. The van der Waals surface area contributed by atoms with Crippen LogP contribution in [0.4, 0.5) is 0 Å². The minimum absolute atomic E-state index is 0.227. The Balaban J connectivity index is 1.93. The van der Waals surface area contributed by atoms with Gasteiger partial charge < -0.3 is 5.11 Å². The standard InChI is InChI=1S/C16H18O3/c17-15(16(18)19)14(11-4-2-1-3-5-11)13-9-10-6-7-12(13)8-10/h1-5,10,12-14H,6-9H2,(H,18,19). The van der Waals surface area contributed by atoms with Gasteiger partial charge in [0.2, 0.25) is 5.78 Å². The Morgan fingerprint density at radius 2 is 1.84 bits per heavy atom. The van der Waals surface area contributed by atoms with E-state index < -0.39 is 17.7 Å². The largest absolute Gasteiger partial charge is 0.475 e. The van der Waals surface area contributed by atoms with Crippen LogP contribution in [0.1, 0.15) is 37.2 Å². The van der Waals surface area contributed by atoms with Crippen LogP contribution in [0.15, 0.2) is 30.3 Å². The summed E-state index contributed by atoms with van der Waals surface area (Å²) in [5.41, 5.74) is 0.868. The maximum absolute atomic E-state index is 12.1. The van der Waals surface area contributed by atoms with Crippen LogP contribution in [0.5, 0.6) is 0 Å². The Hall–Kier alpha value is -1.64. The van der Waals surface area contributed by atoms with E-state index in [4.69, 9.17) is 5.11 Å². The van der Waals surface area contributed by atoms with Crippen LogP contribution >= 0.6 is 0 Å². The molecule has 2 bridgehead atoms. The lowest BCUT2D eigenvalue weighted by atomic mass is 9.74. The summed E-state index contributed by atoms with van der Waals surface area (Å²) in [6.07, 6.45) is 4.61. The third-order valence-electron chi connectivity index (χ3n) is 4.87. The molecule has 1 N–H and O–H groups in total. The molecule has 3 nitrogen and oxygen atoms in total. The number of rotatable bonds is 4. The molecule has 3 heteroatoms. The minimum atomic E-state index is -1.29. The van der Waals surface area contributed by atoms with Gasteiger partial charge in [-0.1, -0.05) is 36.8 Å². The third-order valence-corrected chi connectivity index (χ3v) is 4.87. The van der Waals surface area contributed by atoms with E-state index in [0.717, 1.165) is 18.4 Å². The van der Waals surface area contributed by atoms with E-state index in [9.17, 15) is 9.59 Å². The van der Waals surface area contributed by atoms with E-state index in [1.165, 1.54) is 12.8 Å². The van der Waals surface area contributed by atoms with Gasteiger partial charge in [-0.15, -0.1) is 0 Å². The second kappa shape index (κ2) is 4.80. The highest BCUT2D eigenvalue weighted by atomic mass is 16.4. The topological polar surface area (TPSA) is 54.4 Å². The molecule has 2 aliphatic carbocycles. The van der Waals surface area contributed by atoms with Gasteiger partial charge in [0, 0.05) is 0 Å². The second-order valence-electron chi connectivity index (χ2n) is 5.90. The summed E-state index contributed by atoms with van der Waals surface area (Å²) in [7, 11) is 0. The molecule has 100 valence electrons. The first-order valence-corrected chi connectivity index (χ1v) is 6.99. The number of hydrogen-bond donors (Lipinski definition) is 1. The summed E-state index contributed by atoms with van der Waals surface area (Å²) >= 11 is 0. The second-order valence-corrected chi connectivity index (χ2v) is 5.90. The molecule has 0 aliphatic heterocycles. The molecule has 0 radical (unpaired) electrons. The third kappa shape index (κ3) is 2.18. The maximum atomic E-state index is 12.1. The summed E-state index contributed by atoms with van der Waals surface area (Å²) in [5.74, 6) is -0.902. The van der Waals surface area contributed by atoms with Gasteiger partial charge in [-0.3, -0.25) is 4.79 Å². The Morgan fingerprint density at radius 1 is 1.11 bits per heavy atom. The van der Waals surface area contributed by atoms with Crippen molar-refractivity contribution in [3.63, 3.8) is 0 Å².